The predicted molar refractivity (Wildman–Crippen MR) is 64.7 cm³/mol. The van der Waals surface area contributed by atoms with Gasteiger partial charge >= 0.3 is 5.97 Å². The number of H-pyrrole nitrogens is 1. The van der Waals surface area contributed by atoms with E-state index in [1.54, 1.807) is 31.2 Å². The van der Waals surface area contributed by atoms with Crippen molar-refractivity contribution in [2.75, 3.05) is 6.61 Å². The molecule has 1 aromatic heterocycles. The van der Waals surface area contributed by atoms with Gasteiger partial charge in [0.2, 0.25) is 0 Å². The highest BCUT2D eigenvalue weighted by atomic mass is 16.5. The van der Waals surface area contributed by atoms with Crippen LogP contribution in [-0.2, 0) is 4.74 Å². The van der Waals surface area contributed by atoms with E-state index in [0.717, 1.165) is 5.56 Å². The number of carbonyl (C=O) groups excluding carboxylic acids is 1. The molecule has 0 aliphatic rings. The van der Waals surface area contributed by atoms with Crippen LogP contribution in [0, 0.1) is 11.3 Å². The Kier molecular flexibility index (Phi) is 3.39. The molecule has 0 saturated heterocycles. The van der Waals surface area contributed by atoms with E-state index >= 15 is 0 Å². The lowest BCUT2D eigenvalue weighted by molar-refractivity contribution is 0.0520. The molecular formula is C13H11N3O2. The Morgan fingerprint density at radius 3 is 2.78 bits per heavy atom. The SMILES string of the molecule is CCOC(=O)c1cnc(-c2ccc(C#N)cc2)[nH]1. The molecule has 5 heteroatoms. The van der Waals surface area contributed by atoms with Crippen molar-refractivity contribution in [2.45, 2.75) is 6.92 Å². The summed E-state index contributed by atoms with van der Waals surface area (Å²) in [4.78, 5) is 18.4. The molecule has 0 bridgehead atoms. The van der Waals surface area contributed by atoms with Crippen molar-refractivity contribution < 1.29 is 9.53 Å². The molecule has 0 radical (unpaired) electrons. The van der Waals surface area contributed by atoms with Crippen molar-refractivity contribution in [3.63, 3.8) is 0 Å². The molecular weight excluding hydrogens is 230 g/mol. The summed E-state index contributed by atoms with van der Waals surface area (Å²) in [5, 5.41) is 8.70. The first-order chi connectivity index (χ1) is 8.74. The van der Waals surface area contributed by atoms with E-state index < -0.39 is 5.97 Å². The second kappa shape index (κ2) is 5.15. The van der Waals surface area contributed by atoms with E-state index in [1.165, 1.54) is 6.20 Å². The minimum atomic E-state index is -0.426. The first-order valence-corrected chi connectivity index (χ1v) is 5.47. The second-order valence-corrected chi connectivity index (χ2v) is 3.56. The third-order valence-electron chi connectivity index (χ3n) is 2.36. The van der Waals surface area contributed by atoms with Crippen LogP contribution in [0.15, 0.2) is 30.5 Å². The molecule has 0 saturated carbocycles. The monoisotopic (exact) mass is 241 g/mol. The molecule has 2 aromatic rings. The fourth-order valence-corrected chi connectivity index (χ4v) is 1.48. The number of nitrogens with one attached hydrogen (secondary N) is 1. The maximum Gasteiger partial charge on any atom is 0.356 e. The van der Waals surface area contributed by atoms with Gasteiger partial charge in [-0.1, -0.05) is 0 Å². The lowest BCUT2D eigenvalue weighted by atomic mass is 10.1. The summed E-state index contributed by atoms with van der Waals surface area (Å²) in [5.74, 6) is 0.146. The van der Waals surface area contributed by atoms with Gasteiger partial charge in [-0.25, -0.2) is 9.78 Å². The van der Waals surface area contributed by atoms with Crippen molar-refractivity contribution in [1.29, 1.82) is 5.26 Å². The number of hydrogen-bond donors (Lipinski definition) is 1. The lowest BCUT2D eigenvalue weighted by Gasteiger charge is -1.98. The summed E-state index contributed by atoms with van der Waals surface area (Å²) < 4.78 is 4.86. The number of imidazole rings is 1. The van der Waals surface area contributed by atoms with E-state index in [2.05, 4.69) is 9.97 Å². The van der Waals surface area contributed by atoms with Crippen LogP contribution in [0.25, 0.3) is 11.4 Å². The first-order valence-electron chi connectivity index (χ1n) is 5.47. The third-order valence-corrected chi connectivity index (χ3v) is 2.36. The number of aromatic amines is 1. The van der Waals surface area contributed by atoms with Gasteiger partial charge in [-0.3, -0.25) is 0 Å². The molecule has 18 heavy (non-hydrogen) atoms. The maximum atomic E-state index is 11.5. The number of nitrogens with zero attached hydrogens (tertiary/aromatic N) is 2. The minimum absolute atomic E-state index is 0.316. The van der Waals surface area contributed by atoms with Gasteiger partial charge < -0.3 is 9.72 Å². The normalized spacial score (nSPS) is 9.78. The van der Waals surface area contributed by atoms with Crippen molar-refractivity contribution in [1.82, 2.24) is 9.97 Å². The smallest absolute Gasteiger partial charge is 0.356 e. The Bertz CT molecular complexity index is 593. The standard InChI is InChI=1S/C13H11N3O2/c1-2-18-13(17)11-8-15-12(16-11)10-5-3-9(7-14)4-6-10/h3-6,8H,2H2,1H3,(H,15,16). The summed E-state index contributed by atoms with van der Waals surface area (Å²) in [6, 6.07) is 8.97. The van der Waals surface area contributed by atoms with Gasteiger partial charge in [0.25, 0.3) is 0 Å². The Morgan fingerprint density at radius 1 is 1.44 bits per heavy atom. The molecule has 0 aliphatic heterocycles. The van der Waals surface area contributed by atoms with E-state index in [9.17, 15) is 4.79 Å². The van der Waals surface area contributed by atoms with Crippen LogP contribution in [0.2, 0.25) is 0 Å². The van der Waals surface area contributed by atoms with Crippen molar-refractivity contribution >= 4 is 5.97 Å². The molecule has 0 fully saturated rings. The molecule has 90 valence electrons. The third kappa shape index (κ3) is 2.38. The highest BCUT2D eigenvalue weighted by Gasteiger charge is 2.11. The molecule has 1 aromatic carbocycles. The highest BCUT2D eigenvalue weighted by Crippen LogP contribution is 2.16. The van der Waals surface area contributed by atoms with Gasteiger partial charge in [-0.2, -0.15) is 5.26 Å². The van der Waals surface area contributed by atoms with Crippen LogP contribution < -0.4 is 0 Å². The summed E-state index contributed by atoms with van der Waals surface area (Å²) in [5.41, 5.74) is 1.71. The van der Waals surface area contributed by atoms with Crippen molar-refractivity contribution in [3.8, 4) is 17.5 Å². The number of hydrogen-bond acceptors (Lipinski definition) is 4. The number of nitriles is 1. The molecule has 0 amide bonds. The zero-order valence-electron chi connectivity index (χ0n) is 9.80. The highest BCUT2D eigenvalue weighted by molar-refractivity contribution is 5.87. The zero-order chi connectivity index (χ0) is 13.0. The predicted octanol–water partition coefficient (Wildman–Crippen LogP) is 2.13. The van der Waals surface area contributed by atoms with Crippen LogP contribution in [0.3, 0.4) is 0 Å². The van der Waals surface area contributed by atoms with E-state index in [0.29, 0.717) is 23.7 Å². The summed E-state index contributed by atoms with van der Waals surface area (Å²) in [6.07, 6.45) is 1.44. The Morgan fingerprint density at radius 2 is 2.17 bits per heavy atom. The average molecular weight is 241 g/mol. The number of esters is 1. The summed E-state index contributed by atoms with van der Waals surface area (Å²) in [6.45, 7) is 2.07. The fourth-order valence-electron chi connectivity index (χ4n) is 1.48. The van der Waals surface area contributed by atoms with Crippen LogP contribution in [0.1, 0.15) is 23.0 Å². The number of aromatic nitrogens is 2. The molecule has 2 rings (SSSR count). The second-order valence-electron chi connectivity index (χ2n) is 3.56. The van der Waals surface area contributed by atoms with Crippen molar-refractivity contribution in [2.24, 2.45) is 0 Å². The summed E-state index contributed by atoms with van der Waals surface area (Å²) in [7, 11) is 0. The molecule has 0 unspecified atom stereocenters. The van der Waals surface area contributed by atoms with Gasteiger partial charge in [0.1, 0.15) is 11.5 Å². The Balaban J connectivity index is 2.24. The lowest BCUT2D eigenvalue weighted by Crippen LogP contribution is -2.04. The van der Waals surface area contributed by atoms with Crippen LogP contribution in [0.5, 0.6) is 0 Å². The molecule has 0 atom stereocenters. The number of ether oxygens (including phenoxy) is 1. The quantitative estimate of drug-likeness (QED) is 0.835. The molecule has 5 nitrogen and oxygen atoms in total. The topological polar surface area (TPSA) is 78.8 Å². The molecule has 0 aliphatic carbocycles. The minimum Gasteiger partial charge on any atom is -0.461 e. The van der Waals surface area contributed by atoms with Crippen LogP contribution >= 0.6 is 0 Å². The van der Waals surface area contributed by atoms with Gasteiger partial charge in [-0.05, 0) is 31.2 Å². The first kappa shape index (κ1) is 11.9. The van der Waals surface area contributed by atoms with Gasteiger partial charge in [0, 0.05) is 5.56 Å². The van der Waals surface area contributed by atoms with E-state index in [1.807, 2.05) is 6.07 Å². The van der Waals surface area contributed by atoms with E-state index in [4.69, 9.17) is 10.00 Å². The van der Waals surface area contributed by atoms with Crippen LogP contribution in [0.4, 0.5) is 0 Å². The number of rotatable bonds is 3. The van der Waals surface area contributed by atoms with Crippen LogP contribution in [-0.4, -0.2) is 22.5 Å². The number of benzene rings is 1. The summed E-state index contributed by atoms with van der Waals surface area (Å²) >= 11 is 0. The molecule has 0 spiro atoms. The Hall–Kier alpha value is -2.61. The van der Waals surface area contributed by atoms with Gasteiger partial charge in [0.05, 0.1) is 24.4 Å². The van der Waals surface area contributed by atoms with E-state index in [-0.39, 0.29) is 0 Å². The van der Waals surface area contributed by atoms with Gasteiger partial charge in [-0.15, -0.1) is 0 Å². The molecule has 1 heterocycles. The molecule has 1 N–H and O–H groups in total. The maximum absolute atomic E-state index is 11.5. The largest absolute Gasteiger partial charge is 0.461 e. The van der Waals surface area contributed by atoms with Gasteiger partial charge in [0.15, 0.2) is 0 Å². The fraction of sp³-hybridized carbons (Fsp3) is 0.154. The average Bonchev–Trinajstić information content (AvgIpc) is 2.89. The van der Waals surface area contributed by atoms with Crippen molar-refractivity contribution in [3.05, 3.63) is 41.7 Å². The number of carbonyl (C=O) groups is 1. The zero-order valence-corrected chi connectivity index (χ0v) is 9.80. The Labute approximate surface area is 104 Å².